The van der Waals surface area contributed by atoms with Crippen LogP contribution < -0.4 is 16.2 Å². The third-order valence-electron chi connectivity index (χ3n) is 4.90. The van der Waals surface area contributed by atoms with Gasteiger partial charge >= 0.3 is 0 Å². The fraction of sp³-hybridized carbons (Fsp3) is 0.182. The molecule has 4 rings (SSSR count). The van der Waals surface area contributed by atoms with Crippen molar-refractivity contribution in [2.75, 3.05) is 16.4 Å². The number of halogens is 1. The van der Waals surface area contributed by atoms with E-state index in [0.29, 0.717) is 26.6 Å². The minimum Gasteiger partial charge on any atom is -0.328 e. The standard InChI is InChI=1S/C22H21FN6O2S2/c1-14-19(20(31)29(28(14)2)15-8-4-3-5-9-15)25-18(30)12-13-32-22-27-26-21(33-22)24-17-11-7-6-10-16(17)23/h3-11H,12-13H2,1-2H3,(H,24,26)(H,25,30). The molecular weight excluding hydrogens is 463 g/mol. The molecule has 0 saturated heterocycles. The molecule has 0 aliphatic carbocycles. The van der Waals surface area contributed by atoms with Crippen LogP contribution in [0.1, 0.15) is 12.1 Å². The summed E-state index contributed by atoms with van der Waals surface area (Å²) >= 11 is 2.64. The Balaban J connectivity index is 1.34. The Bertz CT molecular complexity index is 1330. The van der Waals surface area contributed by atoms with Gasteiger partial charge in [0.1, 0.15) is 11.5 Å². The van der Waals surface area contributed by atoms with E-state index in [1.165, 1.54) is 33.8 Å². The molecule has 1 amide bonds. The van der Waals surface area contributed by atoms with E-state index in [-0.39, 0.29) is 29.4 Å². The van der Waals surface area contributed by atoms with Crippen LogP contribution in [0.3, 0.4) is 0 Å². The quantitative estimate of drug-likeness (QED) is 0.362. The van der Waals surface area contributed by atoms with E-state index < -0.39 is 0 Å². The summed E-state index contributed by atoms with van der Waals surface area (Å²) in [6.07, 6.45) is 0.194. The number of anilines is 3. The number of nitrogens with one attached hydrogen (secondary N) is 2. The lowest BCUT2D eigenvalue weighted by atomic mass is 10.3. The van der Waals surface area contributed by atoms with Crippen LogP contribution in [0.25, 0.3) is 5.69 Å². The monoisotopic (exact) mass is 484 g/mol. The average Bonchev–Trinajstić information content (AvgIpc) is 3.34. The first-order valence-corrected chi connectivity index (χ1v) is 11.9. The number of thioether (sulfide) groups is 1. The normalized spacial score (nSPS) is 10.9. The number of carbonyl (C=O) groups is 1. The van der Waals surface area contributed by atoms with Crippen molar-refractivity contribution in [1.82, 2.24) is 19.6 Å². The molecule has 0 unspecified atom stereocenters. The van der Waals surface area contributed by atoms with Gasteiger partial charge in [-0.2, -0.15) is 0 Å². The Morgan fingerprint density at radius 2 is 1.85 bits per heavy atom. The van der Waals surface area contributed by atoms with Crippen molar-refractivity contribution in [2.24, 2.45) is 7.05 Å². The van der Waals surface area contributed by atoms with Gasteiger partial charge in [0.2, 0.25) is 11.0 Å². The molecule has 0 aliphatic rings. The Hall–Kier alpha value is -3.44. The molecule has 0 bridgehead atoms. The Morgan fingerprint density at radius 1 is 1.12 bits per heavy atom. The van der Waals surface area contributed by atoms with Gasteiger partial charge < -0.3 is 10.6 Å². The highest BCUT2D eigenvalue weighted by Crippen LogP contribution is 2.28. The molecule has 2 aromatic carbocycles. The molecule has 4 aromatic rings. The van der Waals surface area contributed by atoms with Crippen molar-refractivity contribution in [1.29, 1.82) is 0 Å². The molecular formula is C22H21FN6O2S2. The fourth-order valence-corrected chi connectivity index (χ4v) is 4.91. The zero-order valence-corrected chi connectivity index (χ0v) is 19.5. The highest BCUT2D eigenvalue weighted by molar-refractivity contribution is 8.01. The smallest absolute Gasteiger partial charge is 0.295 e. The summed E-state index contributed by atoms with van der Waals surface area (Å²) in [4.78, 5) is 25.4. The zero-order valence-electron chi connectivity index (χ0n) is 17.9. The number of rotatable bonds is 8. The van der Waals surface area contributed by atoms with Crippen LogP contribution in [-0.2, 0) is 11.8 Å². The maximum absolute atomic E-state index is 13.8. The van der Waals surface area contributed by atoms with Crippen LogP contribution in [0, 0.1) is 12.7 Å². The SMILES string of the molecule is Cc1c(NC(=O)CCSc2nnc(Nc3ccccc3F)s2)c(=O)n(-c2ccccc2)n1C. The number of para-hydroxylation sites is 2. The van der Waals surface area contributed by atoms with Crippen molar-refractivity contribution < 1.29 is 9.18 Å². The summed E-state index contributed by atoms with van der Waals surface area (Å²) in [5.41, 5.74) is 1.70. The molecule has 0 spiro atoms. The number of nitrogens with zero attached hydrogens (tertiary/aromatic N) is 4. The molecule has 0 aliphatic heterocycles. The minimum atomic E-state index is -0.374. The van der Waals surface area contributed by atoms with Crippen LogP contribution in [0.5, 0.6) is 0 Å². The molecule has 0 saturated carbocycles. The van der Waals surface area contributed by atoms with Gasteiger partial charge in [-0.25, -0.2) is 9.07 Å². The van der Waals surface area contributed by atoms with Gasteiger partial charge in [0.05, 0.1) is 17.1 Å². The molecule has 170 valence electrons. The lowest BCUT2D eigenvalue weighted by Crippen LogP contribution is -2.23. The second kappa shape index (κ2) is 10.0. The molecule has 2 heterocycles. The third-order valence-corrected chi connectivity index (χ3v) is 6.87. The van der Waals surface area contributed by atoms with Crippen molar-refractivity contribution in [3.8, 4) is 5.69 Å². The summed E-state index contributed by atoms with van der Waals surface area (Å²) in [7, 11) is 1.78. The topological polar surface area (TPSA) is 93.8 Å². The molecule has 0 fully saturated rings. The van der Waals surface area contributed by atoms with Crippen LogP contribution >= 0.6 is 23.1 Å². The van der Waals surface area contributed by atoms with Gasteiger partial charge in [-0.15, -0.1) is 10.2 Å². The highest BCUT2D eigenvalue weighted by atomic mass is 32.2. The second-order valence-electron chi connectivity index (χ2n) is 7.06. The molecule has 11 heteroatoms. The third kappa shape index (κ3) is 5.15. The highest BCUT2D eigenvalue weighted by Gasteiger charge is 2.18. The van der Waals surface area contributed by atoms with Crippen LogP contribution in [0.2, 0.25) is 0 Å². The van der Waals surface area contributed by atoms with E-state index in [2.05, 4.69) is 20.8 Å². The summed E-state index contributed by atoms with van der Waals surface area (Å²) in [5, 5.41) is 14.2. The molecule has 33 heavy (non-hydrogen) atoms. The molecule has 8 nitrogen and oxygen atoms in total. The Morgan fingerprint density at radius 3 is 2.61 bits per heavy atom. The predicted octanol–water partition coefficient (Wildman–Crippen LogP) is 4.34. The Labute approximate surface area is 197 Å². The van der Waals surface area contributed by atoms with Gasteiger partial charge in [0.25, 0.3) is 5.56 Å². The minimum absolute atomic E-state index is 0.194. The second-order valence-corrected chi connectivity index (χ2v) is 9.38. The number of hydrogen-bond donors (Lipinski definition) is 2. The zero-order chi connectivity index (χ0) is 23.4. The van der Waals surface area contributed by atoms with Gasteiger partial charge in [0, 0.05) is 19.2 Å². The predicted molar refractivity (Wildman–Crippen MR) is 129 cm³/mol. The number of amides is 1. The van der Waals surface area contributed by atoms with Crippen LogP contribution in [0.15, 0.2) is 63.7 Å². The first-order chi connectivity index (χ1) is 15.9. The van der Waals surface area contributed by atoms with Gasteiger partial charge in [-0.1, -0.05) is 53.4 Å². The number of carbonyl (C=O) groups excluding carboxylic acids is 1. The summed E-state index contributed by atoms with van der Waals surface area (Å²) in [6, 6.07) is 15.6. The van der Waals surface area contributed by atoms with E-state index >= 15 is 0 Å². The van der Waals surface area contributed by atoms with Crippen molar-refractivity contribution in [3.05, 3.63) is 76.5 Å². The first kappa shape index (κ1) is 22.7. The van der Waals surface area contributed by atoms with E-state index in [9.17, 15) is 14.0 Å². The van der Waals surface area contributed by atoms with Crippen molar-refractivity contribution in [2.45, 2.75) is 17.7 Å². The molecule has 0 radical (unpaired) electrons. The number of aromatic nitrogens is 4. The van der Waals surface area contributed by atoms with E-state index in [0.717, 1.165) is 5.69 Å². The number of hydrogen-bond acceptors (Lipinski definition) is 7. The fourth-order valence-electron chi connectivity index (χ4n) is 3.14. The van der Waals surface area contributed by atoms with E-state index in [1.54, 1.807) is 36.9 Å². The van der Waals surface area contributed by atoms with Gasteiger partial charge in [-0.05, 0) is 31.2 Å². The average molecular weight is 485 g/mol. The van der Waals surface area contributed by atoms with Gasteiger partial charge in [0.15, 0.2) is 4.34 Å². The van der Waals surface area contributed by atoms with Crippen molar-refractivity contribution in [3.63, 3.8) is 0 Å². The van der Waals surface area contributed by atoms with E-state index in [1.807, 2.05) is 30.3 Å². The maximum atomic E-state index is 13.8. The molecule has 2 N–H and O–H groups in total. The maximum Gasteiger partial charge on any atom is 0.295 e. The number of benzene rings is 2. The Kier molecular flexibility index (Phi) is 6.90. The molecule has 0 atom stereocenters. The lowest BCUT2D eigenvalue weighted by Gasteiger charge is -2.07. The van der Waals surface area contributed by atoms with Crippen LogP contribution in [-0.4, -0.2) is 31.2 Å². The van der Waals surface area contributed by atoms with Crippen molar-refractivity contribution >= 4 is 45.5 Å². The summed E-state index contributed by atoms with van der Waals surface area (Å²) in [6.45, 7) is 1.79. The lowest BCUT2D eigenvalue weighted by molar-refractivity contribution is -0.115. The van der Waals surface area contributed by atoms with Crippen LogP contribution in [0.4, 0.5) is 20.9 Å². The van der Waals surface area contributed by atoms with Gasteiger partial charge in [-0.3, -0.25) is 14.3 Å². The molecule has 2 aromatic heterocycles. The summed E-state index contributed by atoms with van der Waals surface area (Å²) in [5.74, 6) is -0.178. The first-order valence-electron chi connectivity index (χ1n) is 10.1. The largest absolute Gasteiger partial charge is 0.328 e. The summed E-state index contributed by atoms with van der Waals surface area (Å²) < 4.78 is 17.6. The van der Waals surface area contributed by atoms with E-state index in [4.69, 9.17) is 0 Å².